The van der Waals surface area contributed by atoms with E-state index in [2.05, 4.69) is 42.7 Å². The van der Waals surface area contributed by atoms with Gasteiger partial charge < -0.3 is 15.2 Å². The number of ether oxygens (including phenoxy) is 2. The number of benzene rings is 1. The minimum atomic E-state index is -0.0285. The molecule has 4 rings (SSSR count). The number of rotatable bonds is 5. The Kier molecular flexibility index (Phi) is 10.7. The van der Waals surface area contributed by atoms with Crippen molar-refractivity contribution in [3.05, 3.63) is 63.8 Å². The van der Waals surface area contributed by atoms with E-state index < -0.39 is 0 Å². The van der Waals surface area contributed by atoms with Gasteiger partial charge >= 0.3 is 0 Å². The Balaban J connectivity index is 0.00000181. The largest absolute Gasteiger partial charge is 0.497 e. The first-order valence-corrected chi connectivity index (χ1v) is 10.9. The molecule has 1 fully saturated rings. The SMILES string of the molecule is COc1ccc(CN2CCN(CC3(C)CC4=C(C)OC(C)=C(C)C4=C3N)CC2)cc1.Cl.Cl.Cl. The number of fused-ring (bicyclic) bond motifs is 1. The maximum Gasteiger partial charge on any atom is 0.118 e. The fourth-order valence-corrected chi connectivity index (χ4v) is 5.04. The van der Waals surface area contributed by atoms with Gasteiger partial charge in [-0.3, -0.25) is 9.80 Å². The molecule has 1 aromatic carbocycles. The molecule has 3 aliphatic rings. The zero-order valence-corrected chi connectivity index (χ0v) is 22.7. The average molecular weight is 519 g/mol. The highest BCUT2D eigenvalue weighted by Gasteiger charge is 2.43. The topological polar surface area (TPSA) is 51.0 Å². The first kappa shape index (κ1) is 29.7. The number of methoxy groups -OCH3 is 1. The molecule has 1 unspecified atom stereocenters. The van der Waals surface area contributed by atoms with E-state index in [9.17, 15) is 0 Å². The van der Waals surface area contributed by atoms with E-state index in [0.29, 0.717) is 0 Å². The van der Waals surface area contributed by atoms with E-state index in [1.54, 1.807) is 7.11 Å². The monoisotopic (exact) mass is 517 g/mol. The Labute approximate surface area is 217 Å². The number of hydrogen-bond acceptors (Lipinski definition) is 5. The minimum absolute atomic E-state index is 0. The summed E-state index contributed by atoms with van der Waals surface area (Å²) in [5, 5.41) is 0. The van der Waals surface area contributed by atoms with E-state index in [0.717, 1.165) is 68.7 Å². The second-order valence-electron chi connectivity index (χ2n) is 9.24. The maximum atomic E-state index is 6.76. The lowest BCUT2D eigenvalue weighted by molar-refractivity contribution is 0.0990. The highest BCUT2D eigenvalue weighted by Crippen LogP contribution is 2.50. The lowest BCUT2D eigenvalue weighted by Gasteiger charge is -2.39. The molecule has 1 saturated heterocycles. The van der Waals surface area contributed by atoms with Crippen LogP contribution in [-0.4, -0.2) is 49.6 Å². The van der Waals surface area contributed by atoms with Crippen molar-refractivity contribution in [3.8, 4) is 5.75 Å². The first-order valence-electron chi connectivity index (χ1n) is 10.9. The number of allylic oxidation sites excluding steroid dienone is 5. The van der Waals surface area contributed by atoms with Crippen LogP contribution in [0.25, 0.3) is 0 Å². The van der Waals surface area contributed by atoms with Gasteiger partial charge in [-0.15, -0.1) is 37.2 Å². The Hall–Kier alpha value is -1.37. The van der Waals surface area contributed by atoms with E-state index in [1.165, 1.54) is 22.3 Å². The van der Waals surface area contributed by atoms with E-state index in [4.69, 9.17) is 15.2 Å². The van der Waals surface area contributed by atoms with Crippen molar-refractivity contribution in [1.82, 2.24) is 9.80 Å². The molecule has 1 aromatic rings. The standard InChI is InChI=1S/C25H35N3O2.3ClH/c1-17-18(2)30-19(3)22-14-25(4,24(26)23(17)22)16-28-12-10-27(11-13-28)15-20-6-8-21(29-5)9-7-20;;;/h6-9H,10-16,26H2,1-5H3;3*1H. The Morgan fingerprint density at radius 3 is 2.09 bits per heavy atom. The summed E-state index contributed by atoms with van der Waals surface area (Å²) in [6.45, 7) is 14.9. The molecule has 2 N–H and O–H groups in total. The summed E-state index contributed by atoms with van der Waals surface area (Å²) < 4.78 is 11.2. The Morgan fingerprint density at radius 1 is 0.939 bits per heavy atom. The molecule has 8 heteroatoms. The minimum Gasteiger partial charge on any atom is -0.497 e. The predicted molar refractivity (Wildman–Crippen MR) is 143 cm³/mol. The Morgan fingerprint density at radius 2 is 1.52 bits per heavy atom. The van der Waals surface area contributed by atoms with Crippen molar-refractivity contribution < 1.29 is 9.47 Å². The zero-order chi connectivity index (χ0) is 21.5. The number of halogens is 3. The van der Waals surface area contributed by atoms with Crippen LogP contribution in [0.15, 0.2) is 58.2 Å². The van der Waals surface area contributed by atoms with Gasteiger partial charge in [-0.1, -0.05) is 19.1 Å². The van der Waals surface area contributed by atoms with Gasteiger partial charge in [0, 0.05) is 61.5 Å². The molecule has 186 valence electrons. The van der Waals surface area contributed by atoms with Gasteiger partial charge in [0.05, 0.1) is 7.11 Å². The second kappa shape index (κ2) is 11.9. The van der Waals surface area contributed by atoms with Crippen LogP contribution in [0.3, 0.4) is 0 Å². The smallest absolute Gasteiger partial charge is 0.118 e. The fraction of sp³-hybridized carbons (Fsp3) is 0.520. The lowest BCUT2D eigenvalue weighted by atomic mass is 9.85. The van der Waals surface area contributed by atoms with Crippen LogP contribution >= 0.6 is 37.2 Å². The van der Waals surface area contributed by atoms with E-state index >= 15 is 0 Å². The highest BCUT2D eigenvalue weighted by molar-refractivity contribution is 5.86. The van der Waals surface area contributed by atoms with Crippen molar-refractivity contribution in [2.75, 3.05) is 39.8 Å². The summed E-state index contributed by atoms with van der Waals surface area (Å²) in [5.41, 5.74) is 12.9. The molecular formula is C25H38Cl3N3O2. The van der Waals surface area contributed by atoms with Gasteiger partial charge in [0.15, 0.2) is 0 Å². The molecule has 5 nitrogen and oxygen atoms in total. The van der Waals surface area contributed by atoms with Crippen LogP contribution in [0.5, 0.6) is 5.75 Å². The molecule has 0 aromatic heterocycles. The van der Waals surface area contributed by atoms with Crippen molar-refractivity contribution in [3.63, 3.8) is 0 Å². The zero-order valence-electron chi connectivity index (χ0n) is 20.3. The van der Waals surface area contributed by atoms with Gasteiger partial charge in [-0.2, -0.15) is 0 Å². The molecule has 0 bridgehead atoms. The third kappa shape index (κ3) is 6.01. The fourth-order valence-electron chi connectivity index (χ4n) is 5.04. The summed E-state index contributed by atoms with van der Waals surface area (Å²) >= 11 is 0. The summed E-state index contributed by atoms with van der Waals surface area (Å²) in [6.07, 6.45) is 0.969. The third-order valence-corrected chi connectivity index (χ3v) is 7.03. The normalized spacial score (nSPS) is 23.3. The maximum absolute atomic E-state index is 6.76. The van der Waals surface area contributed by atoms with Crippen LogP contribution < -0.4 is 10.5 Å². The molecular weight excluding hydrogens is 481 g/mol. The molecule has 1 aliphatic carbocycles. The summed E-state index contributed by atoms with van der Waals surface area (Å²) in [4.78, 5) is 5.12. The first-order chi connectivity index (χ1) is 14.3. The van der Waals surface area contributed by atoms with Crippen LogP contribution in [0, 0.1) is 5.41 Å². The molecule has 0 spiro atoms. The van der Waals surface area contributed by atoms with Crippen LogP contribution in [0.4, 0.5) is 0 Å². The highest BCUT2D eigenvalue weighted by atomic mass is 35.5. The number of hydrogen-bond donors (Lipinski definition) is 1. The van der Waals surface area contributed by atoms with Crippen molar-refractivity contribution in [1.29, 1.82) is 0 Å². The summed E-state index contributed by atoms with van der Waals surface area (Å²) in [5.74, 6) is 2.91. The van der Waals surface area contributed by atoms with Crippen LogP contribution in [-0.2, 0) is 11.3 Å². The summed E-state index contributed by atoms with van der Waals surface area (Å²) in [6, 6.07) is 8.41. The summed E-state index contributed by atoms with van der Waals surface area (Å²) in [7, 11) is 1.71. The van der Waals surface area contributed by atoms with Gasteiger partial charge in [0.2, 0.25) is 0 Å². The number of nitrogens with zero attached hydrogens (tertiary/aromatic N) is 2. The third-order valence-electron chi connectivity index (χ3n) is 7.03. The second-order valence-corrected chi connectivity index (χ2v) is 9.24. The van der Waals surface area contributed by atoms with Gasteiger partial charge in [-0.25, -0.2) is 0 Å². The van der Waals surface area contributed by atoms with Gasteiger partial charge in [0.1, 0.15) is 17.3 Å². The Bertz CT molecular complexity index is 919. The van der Waals surface area contributed by atoms with E-state index in [-0.39, 0.29) is 42.6 Å². The molecule has 1 atom stereocenters. The molecule has 33 heavy (non-hydrogen) atoms. The van der Waals surface area contributed by atoms with Gasteiger partial charge in [0.25, 0.3) is 0 Å². The molecule has 0 amide bonds. The number of piperazine rings is 1. The van der Waals surface area contributed by atoms with Crippen molar-refractivity contribution in [2.24, 2.45) is 11.1 Å². The van der Waals surface area contributed by atoms with Crippen molar-refractivity contribution in [2.45, 2.75) is 40.7 Å². The van der Waals surface area contributed by atoms with Crippen LogP contribution in [0.2, 0.25) is 0 Å². The molecule has 0 saturated carbocycles. The van der Waals surface area contributed by atoms with E-state index in [1.807, 2.05) is 19.1 Å². The van der Waals surface area contributed by atoms with Gasteiger partial charge in [-0.05, 0) is 50.5 Å². The number of nitrogens with two attached hydrogens (primary N) is 1. The lowest BCUT2D eigenvalue weighted by Crippen LogP contribution is -2.49. The van der Waals surface area contributed by atoms with Crippen LogP contribution in [0.1, 0.15) is 39.7 Å². The predicted octanol–water partition coefficient (Wildman–Crippen LogP) is 5.30. The van der Waals surface area contributed by atoms with Crippen molar-refractivity contribution >= 4 is 37.2 Å². The quantitative estimate of drug-likeness (QED) is 0.573. The molecule has 2 heterocycles. The average Bonchev–Trinajstić information content (AvgIpc) is 3.00. The molecule has 2 aliphatic heterocycles. The molecule has 0 radical (unpaired) electrons.